The van der Waals surface area contributed by atoms with E-state index in [0.29, 0.717) is 28.7 Å². The first-order valence-electron chi connectivity index (χ1n) is 10.3. The number of hydrogen-bond donors (Lipinski definition) is 3. The van der Waals surface area contributed by atoms with Crippen molar-refractivity contribution in [3.05, 3.63) is 93.6 Å². The van der Waals surface area contributed by atoms with E-state index in [1.54, 1.807) is 48.7 Å². The summed E-state index contributed by atoms with van der Waals surface area (Å²) in [6, 6.07) is 18.3. The third kappa shape index (κ3) is 5.93. The summed E-state index contributed by atoms with van der Waals surface area (Å²) >= 11 is 11.9. The molecule has 8 nitrogen and oxygen atoms in total. The van der Waals surface area contributed by atoms with E-state index < -0.39 is 10.0 Å². The fourth-order valence-electron chi connectivity index (χ4n) is 3.49. The number of carbonyl (C=O) groups excluding carboxylic acids is 1. The molecule has 0 aliphatic rings. The highest BCUT2D eigenvalue weighted by Crippen LogP contribution is 2.26. The zero-order valence-corrected chi connectivity index (χ0v) is 21.9. The molecule has 12 heteroatoms. The molecule has 1 amide bonds. The molecule has 0 aliphatic carbocycles. The molecule has 4 rings (SSSR count). The summed E-state index contributed by atoms with van der Waals surface area (Å²) in [5, 5.41) is 12.7. The second kappa shape index (κ2) is 11.2. The molecule has 1 heterocycles. The predicted octanol–water partition coefficient (Wildman–Crippen LogP) is 5.01. The van der Waals surface area contributed by atoms with Crippen LogP contribution < -0.4 is 15.6 Å². The lowest BCUT2D eigenvalue weighted by Crippen LogP contribution is -2.29. The van der Waals surface area contributed by atoms with Gasteiger partial charge in [0.15, 0.2) is 0 Å². The number of aryl methyl sites for hydroxylation is 1. The second-order valence-electron chi connectivity index (χ2n) is 7.68. The molecule has 3 aromatic carbocycles. The van der Waals surface area contributed by atoms with Gasteiger partial charge in [0.25, 0.3) is 15.9 Å². The van der Waals surface area contributed by atoms with Crippen LogP contribution in [0.15, 0.2) is 71.8 Å². The second-order valence-corrected chi connectivity index (χ2v) is 10.2. The number of aromatic nitrogens is 1. The van der Waals surface area contributed by atoms with Crippen LogP contribution >= 0.6 is 35.6 Å². The van der Waals surface area contributed by atoms with Crippen LogP contribution in [0.25, 0.3) is 10.9 Å². The van der Waals surface area contributed by atoms with Crippen molar-refractivity contribution >= 4 is 68.1 Å². The first-order valence-corrected chi connectivity index (χ1v) is 12.5. The summed E-state index contributed by atoms with van der Waals surface area (Å²) in [6.45, 7) is 0.291. The number of nitriles is 1. The molecule has 1 aromatic heterocycles. The Hall–Kier alpha value is -3.26. The Morgan fingerprint density at radius 3 is 2.47 bits per heavy atom. The molecule has 0 fully saturated rings. The number of halogens is 3. The summed E-state index contributed by atoms with van der Waals surface area (Å²) in [6.07, 6.45) is 1.71. The van der Waals surface area contributed by atoms with Crippen molar-refractivity contribution in [2.45, 2.75) is 11.4 Å². The summed E-state index contributed by atoms with van der Waals surface area (Å²) in [7, 11) is -2.20. The van der Waals surface area contributed by atoms with Gasteiger partial charge in [-0.3, -0.25) is 4.79 Å². The summed E-state index contributed by atoms with van der Waals surface area (Å²) in [5.74, 6) is -0.289. The van der Waals surface area contributed by atoms with E-state index >= 15 is 0 Å². The van der Waals surface area contributed by atoms with Gasteiger partial charge in [-0.1, -0.05) is 35.3 Å². The molecule has 0 aliphatic heterocycles. The number of sulfonamides is 1. The molecule has 3 N–H and O–H groups in total. The maximum absolute atomic E-state index is 12.9. The van der Waals surface area contributed by atoms with Crippen molar-refractivity contribution < 1.29 is 13.2 Å². The number of amides is 1. The van der Waals surface area contributed by atoms with Gasteiger partial charge in [0, 0.05) is 35.7 Å². The molecule has 0 radical (unpaired) electrons. The van der Waals surface area contributed by atoms with Gasteiger partial charge in [0.05, 0.1) is 27.9 Å². The first kappa shape index (κ1) is 27.3. The number of hydrazine groups is 1. The van der Waals surface area contributed by atoms with Crippen LogP contribution in [0, 0.1) is 11.3 Å². The Kier molecular flexibility index (Phi) is 8.51. The van der Waals surface area contributed by atoms with Crippen molar-refractivity contribution in [3.63, 3.8) is 0 Å². The Morgan fingerprint density at radius 1 is 1.06 bits per heavy atom. The zero-order valence-electron chi connectivity index (χ0n) is 18.7. The van der Waals surface area contributed by atoms with Crippen LogP contribution in [0.4, 0.5) is 5.69 Å². The Morgan fingerprint density at radius 2 is 1.78 bits per heavy atom. The molecular weight excluding hydrogens is 545 g/mol. The molecule has 0 saturated carbocycles. The van der Waals surface area contributed by atoms with E-state index in [9.17, 15) is 13.2 Å². The Balaban J connectivity index is 0.00000361. The fraction of sp³-hybridized carbons (Fsp3) is 0.0833. The van der Waals surface area contributed by atoms with Gasteiger partial charge in [-0.15, -0.1) is 17.2 Å². The van der Waals surface area contributed by atoms with Crippen LogP contribution in [-0.2, 0) is 23.6 Å². The zero-order chi connectivity index (χ0) is 25.2. The lowest BCUT2D eigenvalue weighted by atomic mass is 10.1. The molecule has 36 heavy (non-hydrogen) atoms. The van der Waals surface area contributed by atoms with Gasteiger partial charge in [-0.25, -0.2) is 8.42 Å². The average molecular weight is 565 g/mol. The largest absolute Gasteiger partial charge is 0.350 e. The Bertz CT molecular complexity index is 1580. The predicted molar refractivity (Wildman–Crippen MR) is 143 cm³/mol. The van der Waals surface area contributed by atoms with Crippen LogP contribution in [0.5, 0.6) is 0 Å². The van der Waals surface area contributed by atoms with Gasteiger partial charge < -0.3 is 15.3 Å². The number of benzene rings is 3. The minimum absolute atomic E-state index is 0. The topological polar surface area (TPSA) is 116 Å². The number of hydrogen-bond acceptors (Lipinski definition) is 5. The quantitative estimate of drug-likeness (QED) is 0.273. The molecule has 0 saturated heterocycles. The van der Waals surface area contributed by atoms with Gasteiger partial charge >= 0.3 is 0 Å². The molecule has 0 spiro atoms. The Labute approximate surface area is 224 Å². The smallest absolute Gasteiger partial charge is 0.258 e. The monoisotopic (exact) mass is 563 g/mol. The minimum Gasteiger partial charge on any atom is -0.350 e. The lowest BCUT2D eigenvalue weighted by molar-refractivity contribution is 0.0952. The van der Waals surface area contributed by atoms with Crippen LogP contribution in [-0.4, -0.2) is 18.9 Å². The van der Waals surface area contributed by atoms with E-state index in [-0.39, 0.29) is 33.3 Å². The van der Waals surface area contributed by atoms with Crippen molar-refractivity contribution in [2.24, 2.45) is 7.05 Å². The normalized spacial score (nSPS) is 10.9. The van der Waals surface area contributed by atoms with Gasteiger partial charge in [0.2, 0.25) is 0 Å². The number of anilines is 1. The molecular formula is C24H20Cl3N5O3S. The molecule has 4 aromatic rings. The standard InChI is InChI=1S/C24H19Cl2N5O3S.ClH/c1-31-14-20(24(32)28-13-16-4-2-15(12-27)3-5-16)19-11-18(7-9-22(19)31)29-30-35(33,34)23-10-17(25)6-8-21(23)26;/h2-11,14,29-30H,13H2,1H3,(H,28,32);1H. The SMILES string of the molecule is Cl.Cn1cc(C(=O)NCc2ccc(C#N)cc2)c2cc(NNS(=O)(=O)c3cc(Cl)ccc3Cl)ccc21. The number of carbonyl (C=O) groups is 1. The van der Waals surface area contributed by atoms with Crippen molar-refractivity contribution in [3.8, 4) is 6.07 Å². The summed E-state index contributed by atoms with van der Waals surface area (Å²) in [5.41, 5.74) is 5.70. The maximum atomic E-state index is 12.9. The number of fused-ring (bicyclic) bond motifs is 1. The molecule has 186 valence electrons. The molecule has 0 atom stereocenters. The third-order valence-electron chi connectivity index (χ3n) is 5.28. The highest BCUT2D eigenvalue weighted by atomic mass is 35.5. The third-order valence-corrected chi connectivity index (χ3v) is 7.25. The van der Waals surface area contributed by atoms with E-state index in [1.165, 1.54) is 18.2 Å². The number of rotatable bonds is 7. The average Bonchev–Trinajstić information content (AvgIpc) is 3.19. The number of nitrogens with zero attached hydrogens (tertiary/aromatic N) is 2. The van der Waals surface area contributed by atoms with Gasteiger partial charge in [-0.2, -0.15) is 5.26 Å². The molecule has 0 unspecified atom stereocenters. The van der Waals surface area contributed by atoms with Crippen molar-refractivity contribution in [1.29, 1.82) is 5.26 Å². The highest BCUT2D eigenvalue weighted by Gasteiger charge is 2.19. The van der Waals surface area contributed by atoms with Crippen molar-refractivity contribution in [1.82, 2.24) is 14.7 Å². The number of nitrogens with one attached hydrogen (secondary N) is 3. The maximum Gasteiger partial charge on any atom is 0.258 e. The van der Waals surface area contributed by atoms with Gasteiger partial charge in [0.1, 0.15) is 4.90 Å². The van der Waals surface area contributed by atoms with Crippen LogP contribution in [0.1, 0.15) is 21.5 Å². The lowest BCUT2D eigenvalue weighted by Gasteiger charge is -2.11. The van der Waals surface area contributed by atoms with Crippen molar-refractivity contribution in [2.75, 3.05) is 5.43 Å². The van der Waals surface area contributed by atoms with Crippen LogP contribution in [0.3, 0.4) is 0 Å². The highest BCUT2D eigenvalue weighted by molar-refractivity contribution is 7.89. The van der Waals surface area contributed by atoms with E-state index in [0.717, 1.165) is 11.1 Å². The van der Waals surface area contributed by atoms with E-state index in [1.807, 2.05) is 11.6 Å². The van der Waals surface area contributed by atoms with E-state index in [4.69, 9.17) is 28.5 Å². The molecule has 0 bridgehead atoms. The summed E-state index contributed by atoms with van der Waals surface area (Å²) in [4.78, 5) is 15.0. The minimum atomic E-state index is -4.01. The van der Waals surface area contributed by atoms with Crippen LogP contribution in [0.2, 0.25) is 10.0 Å². The summed E-state index contributed by atoms with van der Waals surface area (Å²) < 4.78 is 27.2. The van der Waals surface area contributed by atoms with E-state index in [2.05, 4.69) is 21.6 Å². The first-order chi connectivity index (χ1) is 16.7. The van der Waals surface area contributed by atoms with Gasteiger partial charge in [-0.05, 0) is 54.1 Å². The fourth-order valence-corrected chi connectivity index (χ4v) is 5.12.